The summed E-state index contributed by atoms with van der Waals surface area (Å²) in [5, 5.41) is 0. The van der Waals surface area contributed by atoms with E-state index in [0.717, 1.165) is 0 Å². The van der Waals surface area contributed by atoms with Gasteiger partial charge in [-0.1, -0.05) is 54.6 Å². The predicted molar refractivity (Wildman–Crippen MR) is 141 cm³/mol. The molecule has 0 fully saturated rings. The SMILES string of the molecule is O=S(=O)(NCCN(CCNS(=O)(=O)c1ccccc1)CCNS(=O)(=O)c1ccccc1)c1ccccc1. The Bertz CT molecular complexity index is 1260. The van der Waals surface area contributed by atoms with Crippen molar-refractivity contribution in [1.29, 1.82) is 0 Å². The van der Waals surface area contributed by atoms with E-state index in [4.69, 9.17) is 0 Å². The van der Waals surface area contributed by atoms with Gasteiger partial charge in [0, 0.05) is 39.3 Å². The molecule has 0 amide bonds. The summed E-state index contributed by atoms with van der Waals surface area (Å²) >= 11 is 0. The maximum Gasteiger partial charge on any atom is 0.240 e. The van der Waals surface area contributed by atoms with Gasteiger partial charge in [0.1, 0.15) is 0 Å². The van der Waals surface area contributed by atoms with Crippen molar-refractivity contribution in [3.63, 3.8) is 0 Å². The summed E-state index contributed by atoms with van der Waals surface area (Å²) < 4.78 is 82.6. The van der Waals surface area contributed by atoms with Gasteiger partial charge in [-0.2, -0.15) is 0 Å². The Morgan fingerprint density at radius 3 is 0.919 bits per heavy atom. The highest BCUT2D eigenvalue weighted by atomic mass is 32.2. The molecule has 3 aromatic carbocycles. The van der Waals surface area contributed by atoms with E-state index in [2.05, 4.69) is 14.2 Å². The van der Waals surface area contributed by atoms with Crippen LogP contribution in [0.1, 0.15) is 0 Å². The smallest absolute Gasteiger partial charge is 0.240 e. The summed E-state index contributed by atoms with van der Waals surface area (Å²) in [6, 6.07) is 23.8. The average Bonchev–Trinajstić information content (AvgIpc) is 2.90. The van der Waals surface area contributed by atoms with E-state index in [1.54, 1.807) is 59.5 Å². The van der Waals surface area contributed by atoms with Gasteiger partial charge in [0.15, 0.2) is 0 Å². The van der Waals surface area contributed by atoms with Gasteiger partial charge >= 0.3 is 0 Å². The lowest BCUT2D eigenvalue weighted by molar-refractivity contribution is 0.287. The lowest BCUT2D eigenvalue weighted by Gasteiger charge is -2.23. The molecule has 0 heterocycles. The van der Waals surface area contributed by atoms with Crippen molar-refractivity contribution < 1.29 is 25.3 Å². The van der Waals surface area contributed by atoms with Gasteiger partial charge in [-0.05, 0) is 36.4 Å². The Labute approximate surface area is 218 Å². The molecule has 0 aromatic heterocycles. The molecular weight excluding hydrogens is 536 g/mol. The number of hydrogen-bond donors (Lipinski definition) is 3. The zero-order valence-electron chi connectivity index (χ0n) is 20.0. The minimum atomic E-state index is -3.72. The molecule has 0 atom stereocenters. The Balaban J connectivity index is 1.59. The molecule has 0 unspecified atom stereocenters. The van der Waals surface area contributed by atoms with Crippen LogP contribution < -0.4 is 14.2 Å². The fourth-order valence-corrected chi connectivity index (χ4v) is 6.53. The van der Waals surface area contributed by atoms with Crippen LogP contribution in [-0.2, 0) is 30.1 Å². The molecule has 10 nitrogen and oxygen atoms in total. The van der Waals surface area contributed by atoms with Crippen LogP contribution >= 0.6 is 0 Å². The highest BCUT2D eigenvalue weighted by molar-refractivity contribution is 7.90. The van der Waals surface area contributed by atoms with Crippen LogP contribution in [0.3, 0.4) is 0 Å². The summed E-state index contributed by atoms with van der Waals surface area (Å²) in [6.45, 7) is 0.834. The zero-order valence-corrected chi connectivity index (χ0v) is 22.5. The van der Waals surface area contributed by atoms with Crippen LogP contribution in [0.25, 0.3) is 0 Å². The monoisotopic (exact) mass is 566 g/mol. The van der Waals surface area contributed by atoms with Crippen LogP contribution in [-0.4, -0.2) is 69.4 Å². The van der Waals surface area contributed by atoms with E-state index in [9.17, 15) is 25.3 Å². The van der Waals surface area contributed by atoms with Crippen molar-refractivity contribution in [2.45, 2.75) is 14.7 Å². The Kier molecular flexibility index (Phi) is 10.3. The number of rotatable bonds is 15. The summed E-state index contributed by atoms with van der Waals surface area (Å²) in [5.41, 5.74) is 0. The number of nitrogens with zero attached hydrogens (tertiary/aromatic N) is 1. The molecule has 0 saturated heterocycles. The standard InChI is InChI=1S/C24H30N4O6S3/c29-35(30,22-10-4-1-5-11-22)25-16-19-28(20-17-26-36(31,32)23-12-6-2-7-13-23)21-18-27-37(33,34)24-14-8-3-9-15-24/h1-15,25-27H,16-21H2. The molecule has 200 valence electrons. The number of benzene rings is 3. The number of hydrogen-bond acceptors (Lipinski definition) is 7. The van der Waals surface area contributed by atoms with Crippen LogP contribution in [0.5, 0.6) is 0 Å². The maximum atomic E-state index is 12.5. The molecule has 0 aliphatic heterocycles. The second-order valence-electron chi connectivity index (χ2n) is 7.97. The molecule has 13 heteroatoms. The zero-order chi connectivity index (χ0) is 26.8. The molecule has 3 aromatic rings. The fourth-order valence-electron chi connectivity index (χ4n) is 3.40. The predicted octanol–water partition coefficient (Wildman–Crippen LogP) is 1.22. The molecule has 0 bridgehead atoms. The minimum Gasteiger partial charge on any atom is -0.299 e. The molecule has 0 aliphatic carbocycles. The number of nitrogens with one attached hydrogen (secondary N) is 3. The molecule has 37 heavy (non-hydrogen) atoms. The van der Waals surface area contributed by atoms with Crippen LogP contribution in [0, 0.1) is 0 Å². The van der Waals surface area contributed by atoms with Crippen molar-refractivity contribution in [1.82, 2.24) is 19.1 Å². The highest BCUT2D eigenvalue weighted by Gasteiger charge is 2.17. The Morgan fingerprint density at radius 2 is 0.676 bits per heavy atom. The third-order valence-corrected chi connectivity index (χ3v) is 9.75. The van der Waals surface area contributed by atoms with E-state index in [-0.39, 0.29) is 54.0 Å². The third-order valence-electron chi connectivity index (χ3n) is 5.32. The Morgan fingerprint density at radius 1 is 0.432 bits per heavy atom. The lowest BCUT2D eigenvalue weighted by Crippen LogP contribution is -2.43. The lowest BCUT2D eigenvalue weighted by atomic mass is 10.4. The van der Waals surface area contributed by atoms with E-state index in [1.165, 1.54) is 36.4 Å². The fraction of sp³-hybridized carbons (Fsp3) is 0.250. The molecule has 3 rings (SSSR count). The normalized spacial score (nSPS) is 12.6. The minimum absolute atomic E-state index is 0.0497. The van der Waals surface area contributed by atoms with Gasteiger partial charge in [0.25, 0.3) is 0 Å². The van der Waals surface area contributed by atoms with Gasteiger partial charge in [0.05, 0.1) is 14.7 Å². The topological polar surface area (TPSA) is 142 Å². The van der Waals surface area contributed by atoms with Gasteiger partial charge in [-0.3, -0.25) is 4.90 Å². The van der Waals surface area contributed by atoms with Crippen LogP contribution in [0.2, 0.25) is 0 Å². The summed E-state index contributed by atoms with van der Waals surface area (Å²) in [4.78, 5) is 2.17. The van der Waals surface area contributed by atoms with Gasteiger partial charge in [0.2, 0.25) is 30.1 Å². The van der Waals surface area contributed by atoms with Crippen LogP contribution in [0.4, 0.5) is 0 Å². The molecular formula is C24H30N4O6S3. The first-order valence-electron chi connectivity index (χ1n) is 11.5. The van der Waals surface area contributed by atoms with E-state index in [1.807, 2.05) is 0 Å². The maximum absolute atomic E-state index is 12.5. The second kappa shape index (κ2) is 13.2. The first-order valence-corrected chi connectivity index (χ1v) is 15.9. The van der Waals surface area contributed by atoms with E-state index >= 15 is 0 Å². The van der Waals surface area contributed by atoms with Crippen molar-refractivity contribution in [2.24, 2.45) is 0 Å². The van der Waals surface area contributed by atoms with E-state index in [0.29, 0.717) is 0 Å². The second-order valence-corrected chi connectivity index (χ2v) is 13.3. The summed E-state index contributed by atoms with van der Waals surface area (Å²) in [5.74, 6) is 0. The molecule has 0 aliphatic rings. The summed E-state index contributed by atoms with van der Waals surface area (Å²) in [6.07, 6.45) is 0. The quantitative estimate of drug-likeness (QED) is 0.251. The van der Waals surface area contributed by atoms with E-state index < -0.39 is 30.1 Å². The van der Waals surface area contributed by atoms with Gasteiger partial charge < -0.3 is 0 Å². The van der Waals surface area contributed by atoms with Gasteiger partial charge in [-0.25, -0.2) is 39.4 Å². The largest absolute Gasteiger partial charge is 0.299 e. The van der Waals surface area contributed by atoms with Crippen LogP contribution in [0.15, 0.2) is 106 Å². The average molecular weight is 567 g/mol. The molecule has 0 radical (unpaired) electrons. The highest BCUT2D eigenvalue weighted by Crippen LogP contribution is 2.09. The first-order chi connectivity index (χ1) is 17.6. The van der Waals surface area contributed by atoms with Crippen molar-refractivity contribution in [2.75, 3.05) is 39.3 Å². The van der Waals surface area contributed by atoms with Gasteiger partial charge in [-0.15, -0.1) is 0 Å². The molecule has 0 spiro atoms. The van der Waals surface area contributed by atoms with Crippen molar-refractivity contribution in [3.8, 4) is 0 Å². The molecule has 3 N–H and O–H groups in total. The number of sulfonamides is 3. The Hall–Kier alpha value is -2.65. The molecule has 0 saturated carbocycles. The first kappa shape index (κ1) is 28.9. The van der Waals surface area contributed by atoms with Crippen molar-refractivity contribution in [3.05, 3.63) is 91.0 Å². The van der Waals surface area contributed by atoms with Crippen molar-refractivity contribution >= 4 is 30.1 Å². The summed E-state index contributed by atoms with van der Waals surface area (Å²) in [7, 11) is -11.1. The third kappa shape index (κ3) is 9.00.